The van der Waals surface area contributed by atoms with Gasteiger partial charge in [0.25, 0.3) is 0 Å². The first-order valence-corrected chi connectivity index (χ1v) is 6.43. The predicted molar refractivity (Wildman–Crippen MR) is 72.9 cm³/mol. The molecule has 0 atom stereocenters. The second-order valence-electron chi connectivity index (χ2n) is 4.84. The molecule has 0 bridgehead atoms. The number of nitrogens with zero attached hydrogens (tertiary/aromatic N) is 1. The molecule has 2 rings (SSSR count). The van der Waals surface area contributed by atoms with Gasteiger partial charge in [0.15, 0.2) is 0 Å². The van der Waals surface area contributed by atoms with Crippen molar-refractivity contribution in [2.24, 2.45) is 5.92 Å². The van der Waals surface area contributed by atoms with Gasteiger partial charge in [0, 0.05) is 18.7 Å². The van der Waals surface area contributed by atoms with Crippen LogP contribution in [-0.2, 0) is 0 Å². The van der Waals surface area contributed by atoms with Crippen molar-refractivity contribution in [3.8, 4) is 0 Å². The number of likely N-dealkylation sites (tertiary alicyclic amines) is 1. The fourth-order valence-electron chi connectivity index (χ4n) is 2.09. The molecule has 1 aromatic rings. The van der Waals surface area contributed by atoms with Crippen molar-refractivity contribution < 1.29 is 0 Å². The summed E-state index contributed by atoms with van der Waals surface area (Å²) in [6, 6.07) is 8.54. The van der Waals surface area contributed by atoms with Gasteiger partial charge in [0.2, 0.25) is 0 Å². The topological polar surface area (TPSA) is 3.24 Å². The first kappa shape index (κ1) is 11.6. The van der Waals surface area contributed by atoms with Crippen molar-refractivity contribution in [2.45, 2.75) is 26.7 Å². The van der Waals surface area contributed by atoms with Crippen LogP contribution in [0.4, 0.5) is 0 Å². The van der Waals surface area contributed by atoms with Gasteiger partial charge in [-0.1, -0.05) is 49.0 Å². The third kappa shape index (κ3) is 2.62. The second kappa shape index (κ2) is 4.96. The Bertz CT molecular complexity index is 361. The van der Waals surface area contributed by atoms with E-state index in [-0.39, 0.29) is 0 Å². The Morgan fingerprint density at radius 2 is 1.75 bits per heavy atom. The van der Waals surface area contributed by atoms with Crippen LogP contribution < -0.4 is 0 Å². The van der Waals surface area contributed by atoms with E-state index in [4.69, 9.17) is 12.2 Å². The molecule has 1 aliphatic heterocycles. The molecule has 16 heavy (non-hydrogen) atoms. The van der Waals surface area contributed by atoms with Crippen LogP contribution in [0, 0.1) is 12.8 Å². The SMILES string of the molecule is Cc1ccc(C(=S)N2CCC(C)CC2)cc1. The lowest BCUT2D eigenvalue weighted by atomic mass is 9.99. The van der Waals surface area contributed by atoms with Crippen LogP contribution in [0.25, 0.3) is 0 Å². The third-order valence-electron chi connectivity index (χ3n) is 3.37. The number of benzene rings is 1. The summed E-state index contributed by atoms with van der Waals surface area (Å²) in [7, 11) is 0. The Hall–Kier alpha value is -0.890. The first-order chi connectivity index (χ1) is 7.66. The molecular formula is C14H19NS. The highest BCUT2D eigenvalue weighted by atomic mass is 32.1. The van der Waals surface area contributed by atoms with Crippen LogP contribution in [0.1, 0.15) is 30.9 Å². The van der Waals surface area contributed by atoms with E-state index in [9.17, 15) is 0 Å². The molecule has 1 aliphatic rings. The fraction of sp³-hybridized carbons (Fsp3) is 0.500. The fourth-order valence-corrected chi connectivity index (χ4v) is 2.41. The molecule has 0 aliphatic carbocycles. The summed E-state index contributed by atoms with van der Waals surface area (Å²) < 4.78 is 0. The van der Waals surface area contributed by atoms with Gasteiger partial charge in [-0.05, 0) is 25.7 Å². The van der Waals surface area contributed by atoms with Crippen LogP contribution in [0.3, 0.4) is 0 Å². The van der Waals surface area contributed by atoms with Gasteiger partial charge >= 0.3 is 0 Å². The molecule has 0 amide bonds. The lowest BCUT2D eigenvalue weighted by Gasteiger charge is -2.32. The molecule has 1 nitrogen and oxygen atoms in total. The second-order valence-corrected chi connectivity index (χ2v) is 5.23. The van der Waals surface area contributed by atoms with E-state index < -0.39 is 0 Å². The average Bonchev–Trinajstić information content (AvgIpc) is 2.30. The van der Waals surface area contributed by atoms with E-state index in [1.807, 2.05) is 0 Å². The van der Waals surface area contributed by atoms with Crippen molar-refractivity contribution in [3.05, 3.63) is 35.4 Å². The highest BCUT2D eigenvalue weighted by molar-refractivity contribution is 7.80. The Morgan fingerprint density at radius 1 is 1.19 bits per heavy atom. The van der Waals surface area contributed by atoms with Crippen molar-refractivity contribution in [1.29, 1.82) is 0 Å². The number of hydrogen-bond donors (Lipinski definition) is 0. The smallest absolute Gasteiger partial charge is 0.109 e. The first-order valence-electron chi connectivity index (χ1n) is 6.03. The minimum Gasteiger partial charge on any atom is -0.362 e. The lowest BCUT2D eigenvalue weighted by Crippen LogP contribution is -2.37. The van der Waals surface area contributed by atoms with Gasteiger partial charge in [-0.2, -0.15) is 0 Å². The number of thiocarbonyl (C=S) groups is 1. The summed E-state index contributed by atoms with van der Waals surface area (Å²) in [6.07, 6.45) is 2.54. The van der Waals surface area contributed by atoms with Crippen LogP contribution in [0.15, 0.2) is 24.3 Å². The summed E-state index contributed by atoms with van der Waals surface area (Å²) in [5, 5.41) is 0. The molecule has 0 unspecified atom stereocenters. The molecule has 1 fully saturated rings. The van der Waals surface area contributed by atoms with Crippen molar-refractivity contribution in [3.63, 3.8) is 0 Å². The van der Waals surface area contributed by atoms with Gasteiger partial charge in [-0.15, -0.1) is 0 Å². The van der Waals surface area contributed by atoms with Crippen molar-refractivity contribution in [2.75, 3.05) is 13.1 Å². The highest BCUT2D eigenvalue weighted by Gasteiger charge is 2.18. The molecule has 0 aromatic heterocycles. The molecule has 2 heteroatoms. The van der Waals surface area contributed by atoms with Crippen LogP contribution in [0.2, 0.25) is 0 Å². The molecule has 1 saturated heterocycles. The largest absolute Gasteiger partial charge is 0.362 e. The standard InChI is InChI=1S/C14H19NS/c1-11-3-5-13(6-4-11)14(16)15-9-7-12(2)8-10-15/h3-6,12H,7-10H2,1-2H3. The van der Waals surface area contributed by atoms with Crippen molar-refractivity contribution >= 4 is 17.2 Å². The summed E-state index contributed by atoms with van der Waals surface area (Å²) in [5.41, 5.74) is 2.48. The third-order valence-corrected chi connectivity index (χ3v) is 3.86. The molecule has 1 heterocycles. The molecule has 0 radical (unpaired) electrons. The number of rotatable bonds is 1. The molecule has 86 valence electrons. The maximum absolute atomic E-state index is 5.55. The zero-order valence-corrected chi connectivity index (χ0v) is 10.9. The summed E-state index contributed by atoms with van der Waals surface area (Å²) in [5.74, 6) is 0.858. The molecular weight excluding hydrogens is 214 g/mol. The Morgan fingerprint density at radius 3 is 2.31 bits per heavy atom. The summed E-state index contributed by atoms with van der Waals surface area (Å²) in [4.78, 5) is 3.37. The zero-order chi connectivity index (χ0) is 11.5. The van der Waals surface area contributed by atoms with Crippen LogP contribution >= 0.6 is 12.2 Å². The predicted octanol–water partition coefficient (Wildman–Crippen LogP) is 3.40. The van der Waals surface area contributed by atoms with Crippen molar-refractivity contribution in [1.82, 2.24) is 4.90 Å². The maximum Gasteiger partial charge on any atom is 0.109 e. The number of aryl methyl sites for hydroxylation is 1. The molecule has 0 N–H and O–H groups in total. The maximum atomic E-state index is 5.55. The molecule has 1 aromatic carbocycles. The minimum absolute atomic E-state index is 0.858. The Kier molecular flexibility index (Phi) is 3.59. The van der Waals surface area contributed by atoms with Gasteiger partial charge in [-0.25, -0.2) is 0 Å². The van der Waals surface area contributed by atoms with E-state index in [0.29, 0.717) is 0 Å². The Labute approximate surface area is 103 Å². The van der Waals surface area contributed by atoms with E-state index in [0.717, 1.165) is 24.0 Å². The monoisotopic (exact) mass is 233 g/mol. The number of piperidine rings is 1. The van der Waals surface area contributed by atoms with E-state index >= 15 is 0 Å². The molecule has 0 spiro atoms. The van der Waals surface area contributed by atoms with Gasteiger partial charge in [0.05, 0.1) is 0 Å². The highest BCUT2D eigenvalue weighted by Crippen LogP contribution is 2.18. The van der Waals surface area contributed by atoms with Gasteiger partial charge in [0.1, 0.15) is 4.99 Å². The summed E-state index contributed by atoms with van der Waals surface area (Å²) in [6.45, 7) is 6.67. The van der Waals surface area contributed by atoms with Crippen LogP contribution in [0.5, 0.6) is 0 Å². The normalized spacial score (nSPS) is 17.5. The number of hydrogen-bond acceptors (Lipinski definition) is 1. The Balaban J connectivity index is 2.05. The minimum atomic E-state index is 0.858. The van der Waals surface area contributed by atoms with E-state index in [1.165, 1.54) is 24.0 Å². The van der Waals surface area contributed by atoms with E-state index in [1.54, 1.807) is 0 Å². The van der Waals surface area contributed by atoms with Crippen LogP contribution in [-0.4, -0.2) is 23.0 Å². The average molecular weight is 233 g/mol. The zero-order valence-electron chi connectivity index (χ0n) is 10.1. The lowest BCUT2D eigenvalue weighted by molar-refractivity contribution is 0.284. The quantitative estimate of drug-likeness (QED) is 0.684. The molecule has 0 saturated carbocycles. The van der Waals surface area contributed by atoms with Gasteiger partial charge < -0.3 is 4.90 Å². The van der Waals surface area contributed by atoms with E-state index in [2.05, 4.69) is 43.0 Å². The van der Waals surface area contributed by atoms with Gasteiger partial charge in [-0.3, -0.25) is 0 Å². The summed E-state index contributed by atoms with van der Waals surface area (Å²) >= 11 is 5.55.